The molecule has 0 aliphatic heterocycles. The number of ether oxygens (including phenoxy) is 1. The van der Waals surface area contributed by atoms with Gasteiger partial charge in [-0.3, -0.25) is 0 Å². The van der Waals surface area contributed by atoms with Crippen molar-refractivity contribution in [2.75, 3.05) is 12.3 Å². The summed E-state index contributed by atoms with van der Waals surface area (Å²) in [5.74, 6) is 0.909. The molecule has 0 amide bonds. The molecule has 1 aromatic carbocycles. The highest BCUT2D eigenvalue weighted by atomic mass is 16.5. The predicted molar refractivity (Wildman–Crippen MR) is 79.1 cm³/mol. The Morgan fingerprint density at radius 1 is 1.21 bits per heavy atom. The van der Waals surface area contributed by atoms with Crippen LogP contribution in [0.4, 0.5) is 5.69 Å². The van der Waals surface area contributed by atoms with Gasteiger partial charge in [-0.1, -0.05) is 0 Å². The molecule has 1 aromatic rings. The van der Waals surface area contributed by atoms with Crippen LogP contribution in [0.2, 0.25) is 0 Å². The molecule has 3 nitrogen and oxygen atoms in total. The minimum absolute atomic E-state index is 0.228. The van der Waals surface area contributed by atoms with E-state index in [0.717, 1.165) is 41.8 Å². The summed E-state index contributed by atoms with van der Waals surface area (Å²) in [5.41, 5.74) is 8.54. The Bertz CT molecular complexity index is 472. The van der Waals surface area contributed by atoms with Crippen LogP contribution in [0.15, 0.2) is 12.1 Å². The molecular weight excluding hydrogens is 236 g/mol. The van der Waals surface area contributed by atoms with Gasteiger partial charge in [0.15, 0.2) is 0 Å². The van der Waals surface area contributed by atoms with E-state index in [9.17, 15) is 0 Å². The van der Waals surface area contributed by atoms with Crippen molar-refractivity contribution >= 4 is 5.69 Å². The van der Waals surface area contributed by atoms with Gasteiger partial charge in [0.05, 0.1) is 18.1 Å². The molecule has 0 aliphatic carbocycles. The summed E-state index contributed by atoms with van der Waals surface area (Å²) in [6.45, 7) is 8.62. The quantitative estimate of drug-likeness (QED) is 0.621. The first-order valence-electron chi connectivity index (χ1n) is 6.76. The largest absolute Gasteiger partial charge is 0.493 e. The fourth-order valence-electron chi connectivity index (χ4n) is 1.87. The third-order valence-corrected chi connectivity index (χ3v) is 3.32. The van der Waals surface area contributed by atoms with E-state index in [2.05, 4.69) is 6.07 Å². The molecule has 0 bridgehead atoms. The van der Waals surface area contributed by atoms with Gasteiger partial charge in [-0.2, -0.15) is 5.26 Å². The van der Waals surface area contributed by atoms with Gasteiger partial charge >= 0.3 is 0 Å². The Kier molecular flexibility index (Phi) is 5.23. The van der Waals surface area contributed by atoms with Crippen molar-refractivity contribution in [3.63, 3.8) is 0 Å². The highest BCUT2D eigenvalue weighted by Crippen LogP contribution is 2.25. The lowest BCUT2D eigenvalue weighted by molar-refractivity contribution is 0.293. The van der Waals surface area contributed by atoms with Gasteiger partial charge in [-0.05, 0) is 70.2 Å². The van der Waals surface area contributed by atoms with Crippen LogP contribution in [-0.2, 0) is 0 Å². The number of aryl methyl sites for hydroxylation is 2. The van der Waals surface area contributed by atoms with Crippen LogP contribution < -0.4 is 10.5 Å². The van der Waals surface area contributed by atoms with Gasteiger partial charge in [0.2, 0.25) is 0 Å². The maximum atomic E-state index is 8.93. The lowest BCUT2D eigenvalue weighted by Gasteiger charge is -2.15. The second kappa shape index (κ2) is 6.47. The van der Waals surface area contributed by atoms with Crippen LogP contribution in [0.1, 0.15) is 44.2 Å². The van der Waals surface area contributed by atoms with Crippen molar-refractivity contribution in [3.05, 3.63) is 23.3 Å². The number of nitrogens with zero attached hydrogens (tertiary/aromatic N) is 1. The number of unbranched alkanes of at least 4 members (excludes halogenated alkanes) is 1. The molecule has 104 valence electrons. The topological polar surface area (TPSA) is 59.0 Å². The van der Waals surface area contributed by atoms with E-state index in [1.807, 2.05) is 39.8 Å². The van der Waals surface area contributed by atoms with Crippen molar-refractivity contribution in [3.8, 4) is 11.8 Å². The van der Waals surface area contributed by atoms with E-state index >= 15 is 0 Å². The van der Waals surface area contributed by atoms with E-state index in [1.54, 1.807) is 0 Å². The predicted octanol–water partition coefficient (Wildman–Crippen LogP) is 3.98. The minimum atomic E-state index is -0.228. The molecule has 0 unspecified atom stereocenters. The molecule has 0 atom stereocenters. The number of nitriles is 1. The fraction of sp³-hybridized carbons (Fsp3) is 0.562. The second-order valence-corrected chi connectivity index (χ2v) is 5.78. The van der Waals surface area contributed by atoms with Gasteiger partial charge < -0.3 is 10.5 Å². The average Bonchev–Trinajstić information content (AvgIpc) is 2.35. The first kappa shape index (κ1) is 15.4. The van der Waals surface area contributed by atoms with Crippen molar-refractivity contribution in [1.82, 2.24) is 0 Å². The summed E-state index contributed by atoms with van der Waals surface area (Å²) in [6.07, 6.45) is 2.88. The van der Waals surface area contributed by atoms with E-state index in [4.69, 9.17) is 15.7 Å². The number of anilines is 1. The molecule has 0 aromatic heterocycles. The molecule has 0 heterocycles. The van der Waals surface area contributed by atoms with Crippen molar-refractivity contribution < 1.29 is 4.74 Å². The van der Waals surface area contributed by atoms with Crippen LogP contribution in [0.5, 0.6) is 5.75 Å². The number of rotatable bonds is 6. The van der Waals surface area contributed by atoms with E-state index in [-0.39, 0.29) is 5.41 Å². The highest BCUT2D eigenvalue weighted by Gasteiger charge is 2.15. The van der Waals surface area contributed by atoms with Crippen LogP contribution in [-0.4, -0.2) is 6.61 Å². The van der Waals surface area contributed by atoms with Gasteiger partial charge in [-0.15, -0.1) is 0 Å². The Morgan fingerprint density at radius 2 is 1.89 bits per heavy atom. The second-order valence-electron chi connectivity index (χ2n) is 5.78. The molecular formula is C16H24N2O. The molecule has 19 heavy (non-hydrogen) atoms. The highest BCUT2D eigenvalue weighted by molar-refractivity contribution is 5.53. The Balaban J connectivity index is 2.39. The number of hydrogen-bond acceptors (Lipinski definition) is 3. The van der Waals surface area contributed by atoms with Gasteiger partial charge in [-0.25, -0.2) is 0 Å². The third-order valence-electron chi connectivity index (χ3n) is 3.32. The standard InChI is InChI=1S/C16H24N2O/c1-12-10-15(13(2)9-14(12)18)19-8-6-5-7-16(3,4)11-17/h9-10H,5-8,18H2,1-4H3. The lowest BCUT2D eigenvalue weighted by Crippen LogP contribution is -2.08. The zero-order chi connectivity index (χ0) is 14.5. The zero-order valence-corrected chi connectivity index (χ0v) is 12.4. The number of nitrogens with two attached hydrogens (primary N) is 1. The molecule has 0 aliphatic rings. The smallest absolute Gasteiger partial charge is 0.122 e. The van der Waals surface area contributed by atoms with Crippen LogP contribution in [0.25, 0.3) is 0 Å². The van der Waals surface area contributed by atoms with Crippen molar-refractivity contribution in [2.24, 2.45) is 5.41 Å². The number of nitrogen functional groups attached to an aromatic ring is 1. The van der Waals surface area contributed by atoms with Crippen LogP contribution in [0, 0.1) is 30.6 Å². The molecule has 0 saturated heterocycles. The van der Waals surface area contributed by atoms with Crippen molar-refractivity contribution in [2.45, 2.75) is 47.0 Å². The summed E-state index contributed by atoms with van der Waals surface area (Å²) in [6, 6.07) is 6.26. The van der Waals surface area contributed by atoms with Crippen LogP contribution >= 0.6 is 0 Å². The first-order chi connectivity index (χ1) is 8.85. The van der Waals surface area contributed by atoms with Gasteiger partial charge in [0.1, 0.15) is 5.75 Å². The zero-order valence-electron chi connectivity index (χ0n) is 12.4. The maximum absolute atomic E-state index is 8.93. The van der Waals surface area contributed by atoms with E-state index in [0.29, 0.717) is 6.61 Å². The number of hydrogen-bond donors (Lipinski definition) is 1. The van der Waals surface area contributed by atoms with Crippen molar-refractivity contribution in [1.29, 1.82) is 5.26 Å². The lowest BCUT2D eigenvalue weighted by atomic mass is 9.89. The molecule has 0 saturated carbocycles. The molecule has 0 radical (unpaired) electrons. The number of benzene rings is 1. The monoisotopic (exact) mass is 260 g/mol. The SMILES string of the molecule is Cc1cc(OCCCCC(C)(C)C#N)c(C)cc1N. The Hall–Kier alpha value is -1.69. The fourth-order valence-corrected chi connectivity index (χ4v) is 1.87. The van der Waals surface area contributed by atoms with Crippen LogP contribution in [0.3, 0.4) is 0 Å². The first-order valence-corrected chi connectivity index (χ1v) is 6.76. The summed E-state index contributed by atoms with van der Waals surface area (Å²) < 4.78 is 5.78. The molecule has 0 spiro atoms. The van der Waals surface area contributed by atoms with E-state index in [1.165, 1.54) is 0 Å². The summed E-state index contributed by atoms with van der Waals surface area (Å²) >= 11 is 0. The minimum Gasteiger partial charge on any atom is -0.493 e. The molecule has 2 N–H and O–H groups in total. The van der Waals surface area contributed by atoms with Gasteiger partial charge in [0.25, 0.3) is 0 Å². The maximum Gasteiger partial charge on any atom is 0.122 e. The summed E-state index contributed by atoms with van der Waals surface area (Å²) in [5, 5.41) is 8.93. The average molecular weight is 260 g/mol. The van der Waals surface area contributed by atoms with E-state index < -0.39 is 0 Å². The summed E-state index contributed by atoms with van der Waals surface area (Å²) in [4.78, 5) is 0. The Labute approximate surface area is 116 Å². The molecule has 0 fully saturated rings. The van der Waals surface area contributed by atoms with Gasteiger partial charge in [0, 0.05) is 5.69 Å². The third kappa shape index (κ3) is 4.82. The normalized spacial score (nSPS) is 11.1. The molecule has 3 heteroatoms. The molecule has 1 rings (SSSR count). The Morgan fingerprint density at radius 3 is 2.53 bits per heavy atom. The summed E-state index contributed by atoms with van der Waals surface area (Å²) in [7, 11) is 0.